The van der Waals surface area contributed by atoms with Crippen molar-refractivity contribution in [2.75, 3.05) is 19.6 Å². The number of rotatable bonds is 3. The van der Waals surface area contributed by atoms with Gasteiger partial charge < -0.3 is 14.9 Å². The molecule has 6 nitrogen and oxygen atoms in total. The van der Waals surface area contributed by atoms with Crippen molar-refractivity contribution in [2.24, 2.45) is 5.92 Å². The maximum Gasteiger partial charge on any atom is 0.326 e. The van der Waals surface area contributed by atoms with Crippen LogP contribution in [0.2, 0.25) is 0 Å². The lowest BCUT2D eigenvalue weighted by Gasteiger charge is -2.38. The Balaban J connectivity index is 1.69. The molecule has 2 atom stereocenters. The van der Waals surface area contributed by atoms with E-state index in [9.17, 15) is 19.5 Å². The second-order valence-electron chi connectivity index (χ2n) is 6.84. The second kappa shape index (κ2) is 7.68. The topological polar surface area (TPSA) is 77.9 Å². The fraction of sp³-hybridized carbons (Fsp3) is 0.526. The van der Waals surface area contributed by atoms with E-state index in [1.807, 2.05) is 18.2 Å². The van der Waals surface area contributed by atoms with Crippen molar-refractivity contribution in [3.8, 4) is 0 Å². The number of carbonyl (C=O) groups excluding carboxylic acids is 2. The van der Waals surface area contributed by atoms with Gasteiger partial charge in [-0.1, -0.05) is 18.2 Å². The van der Waals surface area contributed by atoms with Crippen LogP contribution in [0.3, 0.4) is 0 Å². The van der Waals surface area contributed by atoms with Crippen molar-refractivity contribution >= 4 is 17.8 Å². The summed E-state index contributed by atoms with van der Waals surface area (Å²) in [4.78, 5) is 40.2. The molecule has 0 aliphatic carbocycles. The molecule has 2 saturated heterocycles. The number of nitrogens with zero attached hydrogens (tertiary/aromatic N) is 2. The van der Waals surface area contributed by atoms with Gasteiger partial charge in [-0.25, -0.2) is 4.79 Å². The highest BCUT2D eigenvalue weighted by molar-refractivity contribution is 5.94. The van der Waals surface area contributed by atoms with E-state index in [-0.39, 0.29) is 17.7 Å². The van der Waals surface area contributed by atoms with Gasteiger partial charge in [-0.15, -0.1) is 0 Å². The number of aliphatic carboxylic acids is 1. The first-order valence-electron chi connectivity index (χ1n) is 8.95. The molecule has 2 aliphatic heterocycles. The summed E-state index contributed by atoms with van der Waals surface area (Å²) in [6.45, 7) is 1.51. The van der Waals surface area contributed by atoms with Crippen molar-refractivity contribution in [1.82, 2.24) is 9.80 Å². The van der Waals surface area contributed by atoms with Gasteiger partial charge in [0.25, 0.3) is 5.91 Å². The predicted molar refractivity (Wildman–Crippen MR) is 92.1 cm³/mol. The normalized spacial score (nSPS) is 24.0. The van der Waals surface area contributed by atoms with Gasteiger partial charge in [-0.3, -0.25) is 9.59 Å². The number of likely N-dealkylation sites (tertiary alicyclic amines) is 2. The average Bonchev–Trinajstić information content (AvgIpc) is 2.67. The number of hydrogen-bond donors (Lipinski definition) is 1. The minimum atomic E-state index is -0.930. The van der Waals surface area contributed by atoms with Crippen LogP contribution >= 0.6 is 0 Å². The molecule has 6 heteroatoms. The molecule has 0 bridgehead atoms. The second-order valence-corrected chi connectivity index (χ2v) is 6.84. The first-order chi connectivity index (χ1) is 12.1. The lowest BCUT2D eigenvalue weighted by molar-refractivity contribution is -0.154. The summed E-state index contributed by atoms with van der Waals surface area (Å²) >= 11 is 0. The van der Waals surface area contributed by atoms with Gasteiger partial charge in [0.15, 0.2) is 0 Å². The molecule has 134 valence electrons. The van der Waals surface area contributed by atoms with Crippen LogP contribution in [-0.2, 0) is 9.59 Å². The lowest BCUT2D eigenvalue weighted by Crippen LogP contribution is -2.53. The van der Waals surface area contributed by atoms with E-state index in [0.717, 1.165) is 19.3 Å². The number of hydrogen-bond acceptors (Lipinski definition) is 3. The van der Waals surface area contributed by atoms with Crippen LogP contribution < -0.4 is 0 Å². The molecule has 3 rings (SSSR count). The van der Waals surface area contributed by atoms with Crippen molar-refractivity contribution in [1.29, 1.82) is 0 Å². The number of carboxylic acids is 1. The SMILES string of the molecule is O=C(O)C1CCCCN1C(=O)C1CCCN(C(=O)c2ccccc2)C1. The third kappa shape index (κ3) is 3.83. The molecule has 1 aromatic rings. The zero-order chi connectivity index (χ0) is 17.8. The molecule has 2 heterocycles. The van der Waals surface area contributed by atoms with Gasteiger partial charge in [-0.05, 0) is 44.2 Å². The maximum atomic E-state index is 12.9. The Hall–Kier alpha value is -2.37. The maximum absolute atomic E-state index is 12.9. The Labute approximate surface area is 147 Å². The van der Waals surface area contributed by atoms with Crippen molar-refractivity contribution in [3.05, 3.63) is 35.9 Å². The Kier molecular flexibility index (Phi) is 5.36. The molecule has 1 aromatic carbocycles. The van der Waals surface area contributed by atoms with E-state index in [1.54, 1.807) is 17.0 Å². The molecule has 2 amide bonds. The monoisotopic (exact) mass is 344 g/mol. The van der Waals surface area contributed by atoms with Crippen LogP contribution in [0.1, 0.15) is 42.5 Å². The van der Waals surface area contributed by atoms with Gasteiger partial charge >= 0.3 is 5.97 Å². The van der Waals surface area contributed by atoms with Crippen molar-refractivity contribution in [3.63, 3.8) is 0 Å². The fourth-order valence-electron chi connectivity index (χ4n) is 3.81. The predicted octanol–water partition coefficient (Wildman–Crippen LogP) is 2.00. The summed E-state index contributed by atoms with van der Waals surface area (Å²) in [7, 11) is 0. The molecule has 0 aromatic heterocycles. The standard InChI is InChI=1S/C19H24N2O4/c22-17(14-7-2-1-3-8-14)20-11-6-9-15(13-20)18(23)21-12-5-4-10-16(21)19(24)25/h1-3,7-8,15-16H,4-6,9-13H2,(H,24,25). The van der Waals surface area contributed by atoms with Crippen LogP contribution in [0.4, 0.5) is 0 Å². The zero-order valence-corrected chi connectivity index (χ0v) is 14.3. The molecule has 2 unspecified atom stereocenters. The minimum absolute atomic E-state index is 0.0634. The van der Waals surface area contributed by atoms with Crippen LogP contribution in [0.25, 0.3) is 0 Å². The first kappa shape index (κ1) is 17.5. The molecular formula is C19H24N2O4. The lowest BCUT2D eigenvalue weighted by atomic mass is 9.93. The van der Waals surface area contributed by atoms with Crippen LogP contribution in [0, 0.1) is 5.92 Å². The molecule has 25 heavy (non-hydrogen) atoms. The fourth-order valence-corrected chi connectivity index (χ4v) is 3.81. The highest BCUT2D eigenvalue weighted by Gasteiger charge is 2.37. The molecule has 0 spiro atoms. The summed E-state index contributed by atoms with van der Waals surface area (Å²) in [5.74, 6) is -1.41. The largest absolute Gasteiger partial charge is 0.480 e. The average molecular weight is 344 g/mol. The van der Waals surface area contributed by atoms with Gasteiger partial charge in [-0.2, -0.15) is 0 Å². The Morgan fingerprint density at radius 3 is 2.44 bits per heavy atom. The third-order valence-electron chi connectivity index (χ3n) is 5.15. The number of piperidine rings is 2. The molecule has 2 aliphatic rings. The Bertz CT molecular complexity index is 646. The van der Waals surface area contributed by atoms with Gasteiger partial charge in [0.1, 0.15) is 6.04 Å². The Morgan fingerprint density at radius 1 is 0.960 bits per heavy atom. The first-order valence-corrected chi connectivity index (χ1v) is 8.95. The van der Waals surface area contributed by atoms with Crippen LogP contribution in [0.15, 0.2) is 30.3 Å². The summed E-state index contributed by atoms with van der Waals surface area (Å²) < 4.78 is 0. The Morgan fingerprint density at radius 2 is 1.72 bits per heavy atom. The quantitative estimate of drug-likeness (QED) is 0.910. The summed E-state index contributed by atoms with van der Waals surface area (Å²) in [6.07, 6.45) is 3.67. The van der Waals surface area contributed by atoms with E-state index in [4.69, 9.17) is 0 Å². The molecule has 0 radical (unpaired) electrons. The van der Waals surface area contributed by atoms with Crippen LogP contribution in [0.5, 0.6) is 0 Å². The summed E-state index contributed by atoms with van der Waals surface area (Å²) in [5.41, 5.74) is 0.622. The number of benzene rings is 1. The smallest absolute Gasteiger partial charge is 0.326 e. The summed E-state index contributed by atoms with van der Waals surface area (Å²) in [6, 6.07) is 8.34. The van der Waals surface area contributed by atoms with E-state index in [2.05, 4.69) is 0 Å². The van der Waals surface area contributed by atoms with E-state index < -0.39 is 12.0 Å². The van der Waals surface area contributed by atoms with E-state index in [1.165, 1.54) is 4.90 Å². The number of carboxylic acid groups (broad SMARTS) is 1. The van der Waals surface area contributed by atoms with Gasteiger partial charge in [0.05, 0.1) is 5.92 Å². The molecule has 2 fully saturated rings. The number of amides is 2. The highest BCUT2D eigenvalue weighted by atomic mass is 16.4. The van der Waals surface area contributed by atoms with Gasteiger partial charge in [0.2, 0.25) is 5.91 Å². The molecule has 1 N–H and O–H groups in total. The third-order valence-corrected chi connectivity index (χ3v) is 5.15. The summed E-state index contributed by atoms with van der Waals surface area (Å²) in [5, 5.41) is 9.39. The zero-order valence-electron chi connectivity index (χ0n) is 14.3. The highest BCUT2D eigenvalue weighted by Crippen LogP contribution is 2.25. The van der Waals surface area contributed by atoms with Crippen molar-refractivity contribution < 1.29 is 19.5 Å². The van der Waals surface area contributed by atoms with Gasteiger partial charge in [0, 0.05) is 25.2 Å². The minimum Gasteiger partial charge on any atom is -0.480 e. The van der Waals surface area contributed by atoms with Crippen LogP contribution in [-0.4, -0.2) is 58.4 Å². The van der Waals surface area contributed by atoms with Crippen molar-refractivity contribution in [2.45, 2.75) is 38.1 Å². The van der Waals surface area contributed by atoms with E-state index >= 15 is 0 Å². The molecule has 0 saturated carbocycles. The van der Waals surface area contributed by atoms with E-state index in [0.29, 0.717) is 38.0 Å². The molecular weight excluding hydrogens is 320 g/mol. The number of carbonyl (C=O) groups is 3.